The zero-order valence-corrected chi connectivity index (χ0v) is 14.5. The maximum atomic E-state index is 5.88. The van der Waals surface area contributed by atoms with E-state index < -0.39 is 0 Å². The molecule has 0 aliphatic carbocycles. The molecule has 23 heavy (non-hydrogen) atoms. The predicted molar refractivity (Wildman–Crippen MR) is 93.9 cm³/mol. The minimum Gasteiger partial charge on any atom is -0.359 e. The molecule has 0 radical (unpaired) electrons. The molecule has 2 rings (SSSR count). The van der Waals surface area contributed by atoms with Crippen molar-refractivity contribution in [2.45, 2.75) is 32.7 Å². The fourth-order valence-electron chi connectivity index (χ4n) is 2.05. The van der Waals surface area contributed by atoms with Crippen LogP contribution < -0.4 is 10.6 Å². The number of hydrogen-bond donors (Lipinski definition) is 2. The van der Waals surface area contributed by atoms with Gasteiger partial charge < -0.3 is 15.2 Å². The Kier molecular flexibility index (Phi) is 6.47. The Bertz CT molecular complexity index is 634. The third-order valence-corrected chi connectivity index (χ3v) is 3.69. The largest absolute Gasteiger partial charge is 0.359 e. The number of hydrogen-bond acceptors (Lipinski definition) is 3. The van der Waals surface area contributed by atoms with Crippen LogP contribution in [0.1, 0.15) is 36.8 Å². The van der Waals surface area contributed by atoms with Crippen molar-refractivity contribution in [3.63, 3.8) is 0 Å². The Morgan fingerprint density at radius 2 is 2.00 bits per heavy atom. The molecule has 124 valence electrons. The van der Waals surface area contributed by atoms with Gasteiger partial charge in [-0.3, -0.25) is 4.99 Å². The lowest BCUT2D eigenvalue weighted by Gasteiger charge is -2.10. The van der Waals surface area contributed by atoms with E-state index >= 15 is 0 Å². The highest BCUT2D eigenvalue weighted by molar-refractivity contribution is 6.30. The van der Waals surface area contributed by atoms with Crippen molar-refractivity contribution in [2.24, 2.45) is 4.99 Å². The van der Waals surface area contributed by atoms with Crippen molar-refractivity contribution < 1.29 is 4.52 Å². The average molecular weight is 335 g/mol. The van der Waals surface area contributed by atoms with Gasteiger partial charge in [0, 0.05) is 24.7 Å². The van der Waals surface area contributed by atoms with Crippen molar-refractivity contribution in [3.8, 4) is 0 Å². The SMILES string of the molecule is CN=C(NCCc1ccc(Cl)cc1)NCc1cc(C(C)C)no1. The summed E-state index contributed by atoms with van der Waals surface area (Å²) in [5.74, 6) is 1.90. The van der Waals surface area contributed by atoms with Crippen LogP contribution in [0.15, 0.2) is 39.8 Å². The van der Waals surface area contributed by atoms with Crippen molar-refractivity contribution in [1.82, 2.24) is 15.8 Å². The second-order valence-electron chi connectivity index (χ2n) is 5.60. The van der Waals surface area contributed by atoms with Crippen molar-refractivity contribution in [3.05, 3.63) is 52.4 Å². The summed E-state index contributed by atoms with van der Waals surface area (Å²) < 4.78 is 5.30. The Balaban J connectivity index is 1.75. The van der Waals surface area contributed by atoms with E-state index in [0.29, 0.717) is 12.5 Å². The smallest absolute Gasteiger partial charge is 0.191 e. The van der Waals surface area contributed by atoms with Gasteiger partial charge in [-0.2, -0.15) is 0 Å². The van der Waals surface area contributed by atoms with Gasteiger partial charge in [0.15, 0.2) is 11.7 Å². The molecule has 0 aliphatic rings. The molecule has 1 heterocycles. The Morgan fingerprint density at radius 3 is 2.61 bits per heavy atom. The summed E-state index contributed by atoms with van der Waals surface area (Å²) in [6.45, 7) is 5.52. The Labute approximate surface area is 142 Å². The fourth-order valence-corrected chi connectivity index (χ4v) is 2.18. The minimum absolute atomic E-state index is 0.365. The topological polar surface area (TPSA) is 62.5 Å². The highest BCUT2D eigenvalue weighted by atomic mass is 35.5. The first-order valence-electron chi connectivity index (χ1n) is 7.73. The van der Waals surface area contributed by atoms with Gasteiger partial charge in [-0.05, 0) is 30.0 Å². The Morgan fingerprint density at radius 1 is 1.26 bits per heavy atom. The molecule has 0 aliphatic heterocycles. The zero-order chi connectivity index (χ0) is 16.7. The second-order valence-corrected chi connectivity index (χ2v) is 6.04. The molecule has 0 fully saturated rings. The van der Waals surface area contributed by atoms with Gasteiger partial charge in [0.05, 0.1) is 12.2 Å². The van der Waals surface area contributed by atoms with E-state index in [4.69, 9.17) is 16.1 Å². The average Bonchev–Trinajstić information content (AvgIpc) is 3.01. The monoisotopic (exact) mass is 334 g/mol. The molecule has 0 saturated carbocycles. The van der Waals surface area contributed by atoms with Crippen LogP contribution in [0, 0.1) is 0 Å². The molecule has 2 aromatic rings. The van der Waals surface area contributed by atoms with Gasteiger partial charge in [-0.15, -0.1) is 0 Å². The van der Waals surface area contributed by atoms with E-state index in [-0.39, 0.29) is 0 Å². The number of nitrogens with zero attached hydrogens (tertiary/aromatic N) is 2. The number of guanidine groups is 1. The molecule has 0 amide bonds. The number of rotatable bonds is 6. The van der Waals surface area contributed by atoms with Crippen LogP contribution in [0.4, 0.5) is 0 Å². The molecule has 0 spiro atoms. The Hall–Kier alpha value is -2.01. The summed E-state index contributed by atoms with van der Waals surface area (Å²) in [5, 5.41) is 11.3. The lowest BCUT2D eigenvalue weighted by molar-refractivity contribution is 0.372. The third kappa shape index (κ3) is 5.60. The van der Waals surface area contributed by atoms with E-state index in [1.807, 2.05) is 30.3 Å². The highest BCUT2D eigenvalue weighted by Crippen LogP contribution is 2.13. The summed E-state index contributed by atoms with van der Waals surface area (Å²) in [7, 11) is 1.75. The lowest BCUT2D eigenvalue weighted by Crippen LogP contribution is -2.37. The highest BCUT2D eigenvalue weighted by Gasteiger charge is 2.08. The second kappa shape index (κ2) is 8.58. The number of halogens is 1. The summed E-state index contributed by atoms with van der Waals surface area (Å²) >= 11 is 5.88. The molecular weight excluding hydrogens is 312 g/mol. The maximum absolute atomic E-state index is 5.88. The molecule has 1 aromatic carbocycles. The van der Waals surface area contributed by atoms with Gasteiger partial charge in [-0.1, -0.05) is 42.7 Å². The molecule has 0 unspecified atom stereocenters. The first-order chi connectivity index (χ1) is 11.1. The number of benzene rings is 1. The molecule has 5 nitrogen and oxygen atoms in total. The molecule has 0 saturated heterocycles. The summed E-state index contributed by atoms with van der Waals surface area (Å²) in [4.78, 5) is 4.20. The van der Waals surface area contributed by atoms with Crippen LogP contribution in [0.2, 0.25) is 5.02 Å². The van der Waals surface area contributed by atoms with Gasteiger partial charge >= 0.3 is 0 Å². The first kappa shape index (κ1) is 17.3. The van der Waals surface area contributed by atoms with E-state index in [0.717, 1.165) is 35.4 Å². The van der Waals surface area contributed by atoms with Crippen molar-refractivity contribution in [2.75, 3.05) is 13.6 Å². The third-order valence-electron chi connectivity index (χ3n) is 3.44. The minimum atomic E-state index is 0.365. The van der Waals surface area contributed by atoms with Crippen molar-refractivity contribution >= 4 is 17.6 Å². The molecule has 0 bridgehead atoms. The normalized spacial score (nSPS) is 11.8. The van der Waals surface area contributed by atoms with Gasteiger partial charge in [0.1, 0.15) is 0 Å². The molecule has 1 aromatic heterocycles. The maximum Gasteiger partial charge on any atom is 0.191 e. The van der Waals surface area contributed by atoms with E-state index in [1.165, 1.54) is 5.56 Å². The quantitative estimate of drug-likeness (QED) is 0.628. The van der Waals surface area contributed by atoms with Crippen LogP contribution in [0.25, 0.3) is 0 Å². The van der Waals surface area contributed by atoms with Gasteiger partial charge in [0.25, 0.3) is 0 Å². The molecular formula is C17H23ClN4O. The van der Waals surface area contributed by atoms with Crippen LogP contribution in [0.3, 0.4) is 0 Å². The standard InChI is InChI=1S/C17H23ClN4O/c1-12(2)16-10-15(23-22-16)11-21-17(19-3)20-9-8-13-4-6-14(18)7-5-13/h4-7,10,12H,8-9,11H2,1-3H3,(H2,19,20,21). The summed E-state index contributed by atoms with van der Waals surface area (Å²) in [6.07, 6.45) is 0.900. The lowest BCUT2D eigenvalue weighted by atomic mass is 10.1. The molecule has 6 heteroatoms. The van der Waals surface area contributed by atoms with Gasteiger partial charge in [-0.25, -0.2) is 0 Å². The zero-order valence-electron chi connectivity index (χ0n) is 13.8. The van der Waals surface area contributed by atoms with Crippen LogP contribution in [-0.2, 0) is 13.0 Å². The fraction of sp³-hybridized carbons (Fsp3) is 0.412. The van der Waals surface area contributed by atoms with Crippen LogP contribution >= 0.6 is 11.6 Å². The van der Waals surface area contributed by atoms with Crippen molar-refractivity contribution in [1.29, 1.82) is 0 Å². The summed E-state index contributed by atoms with van der Waals surface area (Å²) in [6, 6.07) is 9.84. The van der Waals surface area contributed by atoms with E-state index in [9.17, 15) is 0 Å². The predicted octanol–water partition coefficient (Wildman–Crippen LogP) is 3.36. The van der Waals surface area contributed by atoms with E-state index in [2.05, 4.69) is 34.6 Å². The van der Waals surface area contributed by atoms with Crippen LogP contribution in [-0.4, -0.2) is 24.7 Å². The number of aromatic nitrogens is 1. The molecule has 0 atom stereocenters. The number of nitrogens with one attached hydrogen (secondary N) is 2. The summed E-state index contributed by atoms with van der Waals surface area (Å²) in [5.41, 5.74) is 2.20. The first-order valence-corrected chi connectivity index (χ1v) is 8.10. The van der Waals surface area contributed by atoms with E-state index in [1.54, 1.807) is 7.05 Å². The number of aliphatic imine (C=N–C) groups is 1. The molecule has 2 N–H and O–H groups in total. The van der Waals surface area contributed by atoms with Crippen LogP contribution in [0.5, 0.6) is 0 Å². The van der Waals surface area contributed by atoms with Gasteiger partial charge in [0.2, 0.25) is 0 Å².